The lowest BCUT2D eigenvalue weighted by Gasteiger charge is -2.30. The fourth-order valence-electron chi connectivity index (χ4n) is 3.00. The van der Waals surface area contributed by atoms with Gasteiger partial charge < -0.3 is 29.1 Å². The van der Waals surface area contributed by atoms with E-state index < -0.39 is 41.5 Å². The van der Waals surface area contributed by atoms with E-state index in [-0.39, 0.29) is 35.1 Å². The number of nitro benzene ring substituents is 1. The third kappa shape index (κ3) is 6.56. The van der Waals surface area contributed by atoms with Crippen LogP contribution in [0.25, 0.3) is 0 Å². The van der Waals surface area contributed by atoms with E-state index >= 15 is 0 Å². The quantitative estimate of drug-likeness (QED) is 0.243. The number of allylic oxidation sites excluding steroid dienone is 2. The molecule has 1 aromatic carbocycles. The van der Waals surface area contributed by atoms with Crippen LogP contribution in [0.4, 0.5) is 15.3 Å². The van der Waals surface area contributed by atoms with Crippen LogP contribution in [-0.4, -0.2) is 42.1 Å². The van der Waals surface area contributed by atoms with E-state index in [1.165, 1.54) is 31.2 Å². The number of nitrogens with zero attached hydrogens (tertiary/aromatic N) is 2. The predicted molar refractivity (Wildman–Crippen MR) is 108 cm³/mol. The first-order chi connectivity index (χ1) is 15.6. The summed E-state index contributed by atoms with van der Waals surface area (Å²) in [6.45, 7) is 3.66. The molecule has 0 fully saturated rings. The maximum absolute atomic E-state index is 12.2. The SMILES string of the molecule is CCOC(=O)OC1=C(C)NC(C)=C(OC(=O)OCCO[N+](=O)[O-])C1c1ccccc1[N+](=O)[O-]. The number of para-hydroxylation sites is 1. The van der Waals surface area contributed by atoms with Crippen molar-refractivity contribution in [1.29, 1.82) is 0 Å². The minimum absolute atomic E-state index is 0.0194. The van der Waals surface area contributed by atoms with Gasteiger partial charge in [0.05, 0.1) is 22.9 Å². The number of nitrogens with one attached hydrogen (secondary N) is 1. The Labute approximate surface area is 186 Å². The zero-order chi connectivity index (χ0) is 24.5. The van der Waals surface area contributed by atoms with Gasteiger partial charge in [0.25, 0.3) is 10.8 Å². The molecule has 1 heterocycles. The van der Waals surface area contributed by atoms with Gasteiger partial charge in [-0.15, -0.1) is 10.1 Å². The van der Waals surface area contributed by atoms with Gasteiger partial charge in [0.1, 0.15) is 30.6 Å². The zero-order valence-electron chi connectivity index (χ0n) is 17.9. The second-order valence-electron chi connectivity index (χ2n) is 6.39. The normalized spacial score (nSPS) is 15.3. The molecule has 178 valence electrons. The Bertz CT molecular complexity index is 1000. The zero-order valence-corrected chi connectivity index (χ0v) is 17.9. The summed E-state index contributed by atoms with van der Waals surface area (Å²) in [6, 6.07) is 5.64. The molecule has 0 amide bonds. The molecule has 1 aromatic rings. The standard InChI is InChI=1S/C19H21N3O11/c1-4-29-18(23)32-16-11(2)20-12(3)17(33-19(24)30-9-10-31-22(27)28)15(16)13-7-5-6-8-14(13)21(25)26/h5-8,15,20H,4,9-10H2,1-3H3. The third-order valence-corrected chi connectivity index (χ3v) is 4.23. The first-order valence-electron chi connectivity index (χ1n) is 9.54. The van der Waals surface area contributed by atoms with Crippen molar-refractivity contribution < 1.29 is 43.4 Å². The summed E-state index contributed by atoms with van der Waals surface area (Å²) in [5, 5.41) is 23.6. The first kappa shape index (κ1) is 24.9. The van der Waals surface area contributed by atoms with Crippen molar-refractivity contribution in [3.8, 4) is 0 Å². The van der Waals surface area contributed by atoms with Gasteiger partial charge in [-0.2, -0.15) is 0 Å². The van der Waals surface area contributed by atoms with Crippen LogP contribution in [0.15, 0.2) is 47.2 Å². The highest BCUT2D eigenvalue weighted by Crippen LogP contribution is 2.42. The van der Waals surface area contributed by atoms with Crippen molar-refractivity contribution in [2.45, 2.75) is 26.7 Å². The molecule has 1 unspecified atom stereocenters. The maximum Gasteiger partial charge on any atom is 0.513 e. The molecule has 1 aliphatic heterocycles. The van der Waals surface area contributed by atoms with Crippen molar-refractivity contribution in [1.82, 2.24) is 5.32 Å². The molecule has 14 heteroatoms. The van der Waals surface area contributed by atoms with E-state index in [4.69, 9.17) is 18.9 Å². The molecule has 0 spiro atoms. The van der Waals surface area contributed by atoms with Gasteiger partial charge in [-0.3, -0.25) is 10.1 Å². The summed E-state index contributed by atoms with van der Waals surface area (Å²) in [5.74, 6) is -1.43. The van der Waals surface area contributed by atoms with Crippen LogP contribution in [0.2, 0.25) is 0 Å². The summed E-state index contributed by atoms with van der Waals surface area (Å²) in [4.78, 5) is 49.5. The van der Waals surface area contributed by atoms with Crippen molar-refractivity contribution in [3.63, 3.8) is 0 Å². The number of carbonyl (C=O) groups is 2. The van der Waals surface area contributed by atoms with Gasteiger partial charge in [-0.05, 0) is 20.8 Å². The van der Waals surface area contributed by atoms with Gasteiger partial charge in [0, 0.05) is 11.6 Å². The Kier molecular flexibility index (Phi) is 8.54. The molecule has 0 aliphatic carbocycles. The van der Waals surface area contributed by atoms with Gasteiger partial charge in [0.2, 0.25) is 0 Å². The lowest BCUT2D eigenvalue weighted by Crippen LogP contribution is -2.29. The Morgan fingerprint density at radius 1 is 0.970 bits per heavy atom. The highest BCUT2D eigenvalue weighted by atomic mass is 17.0. The average molecular weight is 467 g/mol. The first-order valence-corrected chi connectivity index (χ1v) is 9.54. The van der Waals surface area contributed by atoms with Crippen LogP contribution in [-0.2, 0) is 23.8 Å². The predicted octanol–water partition coefficient (Wildman–Crippen LogP) is 3.28. The van der Waals surface area contributed by atoms with Gasteiger partial charge in [-0.25, -0.2) is 9.59 Å². The van der Waals surface area contributed by atoms with Crippen LogP contribution < -0.4 is 5.32 Å². The molecule has 1 N–H and O–H groups in total. The minimum Gasteiger partial charge on any atom is -0.434 e. The Hall–Kier alpha value is -4.36. The molecule has 0 bridgehead atoms. The van der Waals surface area contributed by atoms with Crippen LogP contribution in [0.1, 0.15) is 32.3 Å². The molecule has 1 atom stereocenters. The monoisotopic (exact) mass is 467 g/mol. The highest BCUT2D eigenvalue weighted by molar-refractivity contribution is 5.66. The largest absolute Gasteiger partial charge is 0.513 e. The average Bonchev–Trinajstić information content (AvgIpc) is 2.74. The smallest absolute Gasteiger partial charge is 0.434 e. The van der Waals surface area contributed by atoms with E-state index in [9.17, 15) is 29.8 Å². The Balaban J connectivity index is 2.43. The van der Waals surface area contributed by atoms with Crippen molar-refractivity contribution in [2.24, 2.45) is 0 Å². The second kappa shape index (κ2) is 11.3. The molecule has 2 rings (SSSR count). The molecule has 0 saturated carbocycles. The minimum atomic E-state index is -1.25. The number of nitro groups is 1. The maximum atomic E-state index is 12.2. The van der Waals surface area contributed by atoms with E-state index in [2.05, 4.69) is 10.2 Å². The summed E-state index contributed by atoms with van der Waals surface area (Å²) in [5.41, 5.74) is 0.361. The van der Waals surface area contributed by atoms with Crippen LogP contribution in [0.3, 0.4) is 0 Å². The number of rotatable bonds is 9. The van der Waals surface area contributed by atoms with E-state index in [0.29, 0.717) is 5.70 Å². The lowest BCUT2D eigenvalue weighted by atomic mass is 9.89. The third-order valence-electron chi connectivity index (χ3n) is 4.23. The topological polar surface area (TPSA) is 179 Å². The number of hydrogen-bond donors (Lipinski definition) is 1. The molecule has 0 saturated heterocycles. The van der Waals surface area contributed by atoms with Crippen LogP contribution in [0.5, 0.6) is 0 Å². The highest BCUT2D eigenvalue weighted by Gasteiger charge is 2.39. The fraction of sp³-hybridized carbons (Fsp3) is 0.368. The Morgan fingerprint density at radius 3 is 2.09 bits per heavy atom. The number of hydrogen-bond acceptors (Lipinski definition) is 12. The van der Waals surface area contributed by atoms with Crippen molar-refractivity contribution in [2.75, 3.05) is 19.8 Å². The number of benzene rings is 1. The van der Waals surface area contributed by atoms with Crippen molar-refractivity contribution in [3.05, 3.63) is 73.0 Å². The molecular weight excluding hydrogens is 446 g/mol. The van der Waals surface area contributed by atoms with Crippen molar-refractivity contribution >= 4 is 18.0 Å². The fourth-order valence-corrected chi connectivity index (χ4v) is 3.00. The van der Waals surface area contributed by atoms with Gasteiger partial charge in [-0.1, -0.05) is 18.2 Å². The van der Waals surface area contributed by atoms with Crippen LogP contribution >= 0.6 is 0 Å². The summed E-state index contributed by atoms with van der Waals surface area (Å²) < 4.78 is 20.1. The van der Waals surface area contributed by atoms with Gasteiger partial charge >= 0.3 is 12.3 Å². The molecule has 33 heavy (non-hydrogen) atoms. The van der Waals surface area contributed by atoms with E-state index in [1.54, 1.807) is 13.8 Å². The summed E-state index contributed by atoms with van der Waals surface area (Å²) in [7, 11) is 0. The lowest BCUT2D eigenvalue weighted by molar-refractivity contribution is -0.757. The molecule has 0 radical (unpaired) electrons. The van der Waals surface area contributed by atoms with Crippen LogP contribution in [0, 0.1) is 20.2 Å². The molecule has 14 nitrogen and oxygen atoms in total. The Morgan fingerprint density at radius 2 is 1.55 bits per heavy atom. The summed E-state index contributed by atoms with van der Waals surface area (Å²) >= 11 is 0. The van der Waals surface area contributed by atoms with E-state index in [1.807, 2.05) is 0 Å². The molecule has 1 aliphatic rings. The number of ether oxygens (including phenoxy) is 4. The number of dihydropyridines is 1. The van der Waals surface area contributed by atoms with Gasteiger partial charge in [0.15, 0.2) is 0 Å². The van der Waals surface area contributed by atoms with E-state index in [0.717, 1.165) is 0 Å². The molecule has 0 aromatic heterocycles. The summed E-state index contributed by atoms with van der Waals surface area (Å²) in [6.07, 6.45) is -2.31. The number of carbonyl (C=O) groups excluding carboxylic acids is 2. The second-order valence-corrected chi connectivity index (χ2v) is 6.39. The molecular formula is C19H21N3O11.